The summed E-state index contributed by atoms with van der Waals surface area (Å²) in [6, 6.07) is 7.15. The summed E-state index contributed by atoms with van der Waals surface area (Å²) in [4.78, 5) is 14.0. The predicted molar refractivity (Wildman–Crippen MR) is 43.9 cm³/mol. The molecule has 0 atom stereocenters. The average molecular weight is 167 g/mol. The maximum atomic E-state index is 10.5. The van der Waals surface area contributed by atoms with Gasteiger partial charge in [-0.05, 0) is 24.6 Å². The van der Waals surface area contributed by atoms with E-state index in [-0.39, 0.29) is 0 Å². The van der Waals surface area contributed by atoms with Gasteiger partial charge in [-0.3, -0.25) is 10.2 Å². The Bertz CT molecular complexity index is 285. The molecule has 0 fully saturated rings. The van der Waals surface area contributed by atoms with Crippen LogP contribution in [0.1, 0.15) is 5.56 Å². The number of benzene rings is 1. The van der Waals surface area contributed by atoms with Crippen molar-refractivity contribution in [3.05, 3.63) is 29.8 Å². The third-order valence-electron chi connectivity index (χ3n) is 1.35. The molecular formula is C8H9NO3. The van der Waals surface area contributed by atoms with E-state index in [0.29, 0.717) is 5.69 Å². The molecule has 4 heteroatoms. The van der Waals surface area contributed by atoms with Crippen molar-refractivity contribution in [2.24, 2.45) is 0 Å². The number of aryl methyl sites for hydroxylation is 1. The molecule has 4 nitrogen and oxygen atoms in total. The van der Waals surface area contributed by atoms with E-state index >= 15 is 0 Å². The van der Waals surface area contributed by atoms with E-state index < -0.39 is 6.09 Å². The molecule has 1 aromatic carbocycles. The zero-order valence-electron chi connectivity index (χ0n) is 6.57. The highest BCUT2D eigenvalue weighted by atomic mass is 17.1. The topological polar surface area (TPSA) is 58.6 Å². The van der Waals surface area contributed by atoms with Crippen molar-refractivity contribution in [2.45, 2.75) is 6.92 Å². The quantitative estimate of drug-likeness (QED) is 0.497. The molecule has 1 amide bonds. The van der Waals surface area contributed by atoms with Gasteiger partial charge < -0.3 is 0 Å². The summed E-state index contributed by atoms with van der Waals surface area (Å²) in [6.45, 7) is 1.90. The number of hydrogen-bond acceptors (Lipinski definition) is 3. The summed E-state index contributed by atoms with van der Waals surface area (Å²) in [5, 5.41) is 10.3. The smallest absolute Gasteiger partial charge is 0.289 e. The molecule has 64 valence electrons. The van der Waals surface area contributed by atoms with Gasteiger partial charge in [0.25, 0.3) is 0 Å². The number of amides is 1. The molecule has 0 saturated heterocycles. The Kier molecular flexibility index (Phi) is 2.66. The van der Waals surface area contributed by atoms with Crippen molar-refractivity contribution in [3.8, 4) is 0 Å². The SMILES string of the molecule is Cc1cccc(NC(=O)OO)c1. The van der Waals surface area contributed by atoms with Crippen LogP contribution in [0.5, 0.6) is 0 Å². The minimum Gasteiger partial charge on any atom is -0.289 e. The number of nitrogens with one attached hydrogen (secondary N) is 1. The zero-order chi connectivity index (χ0) is 8.97. The Balaban J connectivity index is 2.69. The van der Waals surface area contributed by atoms with Crippen LogP contribution in [0.25, 0.3) is 0 Å². The molecule has 1 rings (SSSR count). The second-order valence-corrected chi connectivity index (χ2v) is 2.37. The summed E-state index contributed by atoms with van der Waals surface area (Å²) in [5.74, 6) is 0. The van der Waals surface area contributed by atoms with Crippen LogP contribution in [0, 0.1) is 6.92 Å². The van der Waals surface area contributed by atoms with E-state index in [1.54, 1.807) is 18.2 Å². The van der Waals surface area contributed by atoms with Crippen LogP contribution in [-0.4, -0.2) is 11.4 Å². The van der Waals surface area contributed by atoms with Crippen molar-refractivity contribution >= 4 is 11.8 Å². The molecule has 0 aliphatic heterocycles. The first-order valence-corrected chi connectivity index (χ1v) is 3.41. The molecule has 0 heterocycles. The average Bonchev–Trinajstić information content (AvgIpc) is 2.04. The fourth-order valence-electron chi connectivity index (χ4n) is 0.863. The van der Waals surface area contributed by atoms with Gasteiger partial charge in [-0.15, -0.1) is 0 Å². The molecule has 2 N–H and O–H groups in total. The molecule has 0 bridgehead atoms. The highest BCUT2D eigenvalue weighted by Crippen LogP contribution is 2.09. The lowest BCUT2D eigenvalue weighted by molar-refractivity contribution is -0.172. The first-order chi connectivity index (χ1) is 5.72. The van der Waals surface area contributed by atoms with E-state index in [4.69, 9.17) is 5.26 Å². The van der Waals surface area contributed by atoms with Crippen LogP contribution in [0.3, 0.4) is 0 Å². The van der Waals surface area contributed by atoms with E-state index in [2.05, 4.69) is 10.2 Å². The van der Waals surface area contributed by atoms with Gasteiger partial charge in [0.1, 0.15) is 0 Å². The van der Waals surface area contributed by atoms with Gasteiger partial charge in [-0.1, -0.05) is 12.1 Å². The summed E-state index contributed by atoms with van der Waals surface area (Å²) in [6.07, 6.45) is -0.888. The molecule has 0 unspecified atom stereocenters. The molecular weight excluding hydrogens is 158 g/mol. The van der Waals surface area contributed by atoms with E-state index in [1.165, 1.54) is 0 Å². The Hall–Kier alpha value is -1.55. The second kappa shape index (κ2) is 3.73. The largest absolute Gasteiger partial charge is 0.442 e. The normalized spacial score (nSPS) is 9.17. The maximum Gasteiger partial charge on any atom is 0.442 e. The number of rotatable bonds is 1. The number of carbonyl (C=O) groups is 1. The van der Waals surface area contributed by atoms with Crippen molar-refractivity contribution in [1.29, 1.82) is 0 Å². The minimum absolute atomic E-state index is 0.592. The van der Waals surface area contributed by atoms with Crippen molar-refractivity contribution in [1.82, 2.24) is 0 Å². The Labute approximate surface area is 69.7 Å². The minimum atomic E-state index is -0.888. The standard InChI is InChI=1S/C8H9NO3/c1-6-3-2-4-7(5-6)9-8(10)12-11/h2-5,11H,1H3,(H,9,10). The van der Waals surface area contributed by atoms with Crippen LogP contribution in [0.15, 0.2) is 24.3 Å². The molecule has 0 radical (unpaired) electrons. The molecule has 0 aliphatic rings. The lowest BCUT2D eigenvalue weighted by Gasteiger charge is -2.01. The third-order valence-corrected chi connectivity index (χ3v) is 1.35. The lowest BCUT2D eigenvalue weighted by Crippen LogP contribution is -2.11. The van der Waals surface area contributed by atoms with E-state index in [0.717, 1.165) is 5.56 Å². The van der Waals surface area contributed by atoms with E-state index in [9.17, 15) is 4.79 Å². The highest BCUT2D eigenvalue weighted by molar-refractivity contribution is 5.84. The van der Waals surface area contributed by atoms with Gasteiger partial charge in [-0.25, -0.2) is 4.79 Å². The maximum absolute atomic E-state index is 10.5. The molecule has 0 saturated carbocycles. The van der Waals surface area contributed by atoms with Gasteiger partial charge in [0.05, 0.1) is 0 Å². The Morgan fingerprint density at radius 1 is 1.58 bits per heavy atom. The predicted octanol–water partition coefficient (Wildman–Crippen LogP) is 2.02. The van der Waals surface area contributed by atoms with Crippen molar-refractivity contribution in [2.75, 3.05) is 5.32 Å². The van der Waals surface area contributed by atoms with Gasteiger partial charge in [-0.2, -0.15) is 5.26 Å². The lowest BCUT2D eigenvalue weighted by atomic mass is 10.2. The fraction of sp³-hybridized carbons (Fsp3) is 0.125. The van der Waals surface area contributed by atoms with Crippen molar-refractivity contribution in [3.63, 3.8) is 0 Å². The monoisotopic (exact) mass is 167 g/mol. The molecule has 1 aromatic rings. The first-order valence-electron chi connectivity index (χ1n) is 3.41. The number of anilines is 1. The molecule has 0 aromatic heterocycles. The van der Waals surface area contributed by atoms with Crippen LogP contribution in [0.2, 0.25) is 0 Å². The summed E-state index contributed by atoms with van der Waals surface area (Å²) in [5.41, 5.74) is 1.61. The Morgan fingerprint density at radius 2 is 2.33 bits per heavy atom. The molecule has 0 spiro atoms. The highest BCUT2D eigenvalue weighted by Gasteiger charge is 2.00. The zero-order valence-corrected chi connectivity index (χ0v) is 6.57. The van der Waals surface area contributed by atoms with Crippen molar-refractivity contribution < 1.29 is 14.9 Å². The molecule has 12 heavy (non-hydrogen) atoms. The van der Waals surface area contributed by atoms with Gasteiger partial charge in [0.15, 0.2) is 0 Å². The summed E-state index contributed by atoms with van der Waals surface area (Å²) >= 11 is 0. The molecule has 0 aliphatic carbocycles. The van der Waals surface area contributed by atoms with Gasteiger partial charge in [0, 0.05) is 5.69 Å². The summed E-state index contributed by atoms with van der Waals surface area (Å²) in [7, 11) is 0. The van der Waals surface area contributed by atoms with E-state index in [1.807, 2.05) is 13.0 Å². The third kappa shape index (κ3) is 2.25. The Morgan fingerprint density at radius 3 is 2.92 bits per heavy atom. The van der Waals surface area contributed by atoms with Gasteiger partial charge in [0.2, 0.25) is 0 Å². The fourth-order valence-corrected chi connectivity index (χ4v) is 0.863. The van der Waals surface area contributed by atoms with Gasteiger partial charge >= 0.3 is 6.09 Å². The first kappa shape index (κ1) is 8.55. The van der Waals surface area contributed by atoms with Crippen LogP contribution < -0.4 is 5.32 Å². The van der Waals surface area contributed by atoms with Crippen LogP contribution in [0.4, 0.5) is 10.5 Å². The summed E-state index contributed by atoms with van der Waals surface area (Å²) < 4.78 is 0. The number of carbonyl (C=O) groups excluding carboxylic acids is 1. The van der Waals surface area contributed by atoms with Crippen LogP contribution >= 0.6 is 0 Å². The number of hydrogen-bond donors (Lipinski definition) is 2. The second-order valence-electron chi connectivity index (χ2n) is 2.37. The van der Waals surface area contributed by atoms with Crippen LogP contribution in [-0.2, 0) is 4.89 Å².